The smallest absolute Gasteiger partial charge is 0.106 e. The molecule has 2 aromatic carbocycles. The Bertz CT molecular complexity index is 542. The van der Waals surface area contributed by atoms with Gasteiger partial charge in [-0.05, 0) is 30.5 Å². The van der Waals surface area contributed by atoms with Crippen LogP contribution in [-0.2, 0) is 0 Å². The van der Waals surface area contributed by atoms with Crippen LogP contribution < -0.4 is 10.2 Å². The van der Waals surface area contributed by atoms with Crippen LogP contribution in [-0.4, -0.2) is 13.1 Å². The van der Waals surface area contributed by atoms with Crippen LogP contribution >= 0.6 is 0 Å². The normalized spacial score (nSPS) is 18.8. The number of para-hydroxylation sites is 1. The van der Waals surface area contributed by atoms with E-state index in [-0.39, 0.29) is 0 Å². The lowest BCUT2D eigenvalue weighted by Gasteiger charge is -2.29. The molecule has 1 aliphatic rings. The van der Waals surface area contributed by atoms with E-state index in [1.807, 2.05) is 0 Å². The highest BCUT2D eigenvalue weighted by Gasteiger charge is 2.27. The lowest BCUT2D eigenvalue weighted by molar-refractivity contribution is 0.643. The Morgan fingerprint density at radius 3 is 2.32 bits per heavy atom. The van der Waals surface area contributed by atoms with Gasteiger partial charge < -0.3 is 4.90 Å². The molecular formula is C17H20N2. The maximum Gasteiger partial charge on any atom is 0.106 e. The van der Waals surface area contributed by atoms with Crippen molar-refractivity contribution >= 4 is 5.69 Å². The molecule has 0 amide bonds. The minimum atomic E-state index is 0.293. The molecule has 1 aliphatic heterocycles. The third-order valence-electron chi connectivity index (χ3n) is 3.84. The van der Waals surface area contributed by atoms with Gasteiger partial charge in [0.2, 0.25) is 0 Å². The molecule has 0 bridgehead atoms. The van der Waals surface area contributed by atoms with E-state index in [1.54, 1.807) is 0 Å². The van der Waals surface area contributed by atoms with Gasteiger partial charge in [0, 0.05) is 18.8 Å². The second-order valence-corrected chi connectivity index (χ2v) is 5.20. The lowest BCUT2D eigenvalue weighted by atomic mass is 10.1. The van der Waals surface area contributed by atoms with Gasteiger partial charge in [0.25, 0.3) is 0 Å². The number of rotatable bonds is 2. The second-order valence-electron chi connectivity index (χ2n) is 5.20. The van der Waals surface area contributed by atoms with Gasteiger partial charge in [0.05, 0.1) is 0 Å². The van der Waals surface area contributed by atoms with Crippen LogP contribution in [0.15, 0.2) is 48.5 Å². The van der Waals surface area contributed by atoms with E-state index in [9.17, 15) is 0 Å². The van der Waals surface area contributed by atoms with E-state index >= 15 is 0 Å². The van der Waals surface area contributed by atoms with E-state index in [1.165, 1.54) is 22.4 Å². The van der Waals surface area contributed by atoms with Crippen LogP contribution in [0.3, 0.4) is 0 Å². The molecule has 19 heavy (non-hydrogen) atoms. The SMILES string of the molecule is Cc1cccc(C)c1N1CCNC1c1ccccc1. The van der Waals surface area contributed by atoms with Crippen molar-refractivity contribution in [3.8, 4) is 0 Å². The van der Waals surface area contributed by atoms with E-state index in [0.29, 0.717) is 6.17 Å². The number of nitrogens with zero attached hydrogens (tertiary/aromatic N) is 1. The van der Waals surface area contributed by atoms with E-state index in [4.69, 9.17) is 0 Å². The highest BCUT2D eigenvalue weighted by atomic mass is 15.3. The van der Waals surface area contributed by atoms with Crippen molar-refractivity contribution in [2.45, 2.75) is 20.0 Å². The van der Waals surface area contributed by atoms with Gasteiger partial charge in [0.15, 0.2) is 0 Å². The lowest BCUT2D eigenvalue weighted by Crippen LogP contribution is -2.28. The molecule has 98 valence electrons. The molecule has 1 saturated heterocycles. The maximum atomic E-state index is 3.60. The predicted molar refractivity (Wildman–Crippen MR) is 80.4 cm³/mol. The van der Waals surface area contributed by atoms with Gasteiger partial charge in [-0.3, -0.25) is 5.32 Å². The summed E-state index contributed by atoms with van der Waals surface area (Å²) in [5.74, 6) is 0. The van der Waals surface area contributed by atoms with Crippen LogP contribution in [0.4, 0.5) is 5.69 Å². The van der Waals surface area contributed by atoms with Crippen molar-refractivity contribution in [3.63, 3.8) is 0 Å². The first-order valence-electron chi connectivity index (χ1n) is 6.88. The Morgan fingerprint density at radius 2 is 1.63 bits per heavy atom. The Hall–Kier alpha value is -1.80. The summed E-state index contributed by atoms with van der Waals surface area (Å²) in [4.78, 5) is 2.49. The summed E-state index contributed by atoms with van der Waals surface area (Å²) in [7, 11) is 0. The monoisotopic (exact) mass is 252 g/mol. The van der Waals surface area contributed by atoms with Crippen molar-refractivity contribution in [2.75, 3.05) is 18.0 Å². The van der Waals surface area contributed by atoms with Crippen LogP contribution in [0.5, 0.6) is 0 Å². The fourth-order valence-electron chi connectivity index (χ4n) is 2.99. The number of benzene rings is 2. The van der Waals surface area contributed by atoms with Gasteiger partial charge >= 0.3 is 0 Å². The predicted octanol–water partition coefficient (Wildman–Crippen LogP) is 3.41. The van der Waals surface area contributed by atoms with Gasteiger partial charge in [-0.15, -0.1) is 0 Å². The Morgan fingerprint density at radius 1 is 0.947 bits per heavy atom. The average molecular weight is 252 g/mol. The highest BCUT2D eigenvalue weighted by Crippen LogP contribution is 2.32. The second kappa shape index (κ2) is 5.06. The highest BCUT2D eigenvalue weighted by molar-refractivity contribution is 5.60. The molecule has 0 radical (unpaired) electrons. The largest absolute Gasteiger partial charge is 0.350 e. The first-order chi connectivity index (χ1) is 9.27. The molecule has 0 saturated carbocycles. The molecule has 1 fully saturated rings. The van der Waals surface area contributed by atoms with Crippen molar-refractivity contribution in [1.82, 2.24) is 5.32 Å². The average Bonchev–Trinajstić information content (AvgIpc) is 2.89. The van der Waals surface area contributed by atoms with Crippen molar-refractivity contribution in [1.29, 1.82) is 0 Å². The minimum absolute atomic E-state index is 0.293. The van der Waals surface area contributed by atoms with Crippen LogP contribution in [0.25, 0.3) is 0 Å². The molecule has 0 aliphatic carbocycles. The quantitative estimate of drug-likeness (QED) is 0.881. The molecule has 0 spiro atoms. The number of anilines is 1. The van der Waals surface area contributed by atoms with Crippen LogP contribution in [0.1, 0.15) is 22.9 Å². The summed E-state index contributed by atoms with van der Waals surface area (Å²) in [6, 6.07) is 17.2. The number of nitrogens with one attached hydrogen (secondary N) is 1. The minimum Gasteiger partial charge on any atom is -0.350 e. The zero-order valence-electron chi connectivity index (χ0n) is 11.6. The van der Waals surface area contributed by atoms with Crippen LogP contribution in [0, 0.1) is 13.8 Å². The van der Waals surface area contributed by atoms with E-state index in [2.05, 4.69) is 72.6 Å². The molecule has 3 rings (SSSR count). The van der Waals surface area contributed by atoms with E-state index < -0.39 is 0 Å². The van der Waals surface area contributed by atoms with Crippen molar-refractivity contribution in [2.24, 2.45) is 0 Å². The molecule has 1 atom stereocenters. The molecule has 1 N–H and O–H groups in total. The van der Waals surface area contributed by atoms with Crippen molar-refractivity contribution in [3.05, 3.63) is 65.2 Å². The summed E-state index contributed by atoms with van der Waals surface area (Å²) < 4.78 is 0. The first kappa shape index (κ1) is 12.2. The van der Waals surface area contributed by atoms with Gasteiger partial charge in [-0.25, -0.2) is 0 Å². The molecular weight excluding hydrogens is 232 g/mol. The summed E-state index contributed by atoms with van der Waals surface area (Å²) in [6.45, 7) is 6.49. The summed E-state index contributed by atoms with van der Waals surface area (Å²) >= 11 is 0. The fraction of sp³-hybridized carbons (Fsp3) is 0.294. The topological polar surface area (TPSA) is 15.3 Å². The standard InChI is InChI=1S/C17H20N2/c1-13-7-6-8-14(2)16(13)19-12-11-18-17(19)15-9-4-3-5-10-15/h3-10,17-18H,11-12H2,1-2H3. The zero-order chi connectivity index (χ0) is 13.2. The Kier molecular flexibility index (Phi) is 3.26. The molecule has 0 aromatic heterocycles. The van der Waals surface area contributed by atoms with Crippen LogP contribution in [0.2, 0.25) is 0 Å². The maximum absolute atomic E-state index is 3.60. The summed E-state index contributed by atoms with van der Waals surface area (Å²) in [5, 5.41) is 3.60. The zero-order valence-corrected chi connectivity index (χ0v) is 11.6. The molecule has 2 nitrogen and oxygen atoms in total. The Labute approximate surface area is 115 Å². The third-order valence-corrected chi connectivity index (χ3v) is 3.84. The van der Waals surface area contributed by atoms with Gasteiger partial charge in [-0.1, -0.05) is 48.5 Å². The fourth-order valence-corrected chi connectivity index (χ4v) is 2.99. The third kappa shape index (κ3) is 2.24. The van der Waals surface area contributed by atoms with Gasteiger partial charge in [-0.2, -0.15) is 0 Å². The van der Waals surface area contributed by atoms with Gasteiger partial charge in [0.1, 0.15) is 6.17 Å². The molecule has 1 unspecified atom stereocenters. The molecule has 2 aromatic rings. The van der Waals surface area contributed by atoms with Crippen molar-refractivity contribution < 1.29 is 0 Å². The molecule has 1 heterocycles. The number of hydrogen-bond acceptors (Lipinski definition) is 2. The van der Waals surface area contributed by atoms with E-state index in [0.717, 1.165) is 13.1 Å². The Balaban J connectivity index is 2.00. The first-order valence-corrected chi connectivity index (χ1v) is 6.88. The number of hydrogen-bond donors (Lipinski definition) is 1. The number of aryl methyl sites for hydroxylation is 2. The summed E-state index contributed by atoms with van der Waals surface area (Å²) in [6.07, 6.45) is 0.293. The summed E-state index contributed by atoms with van der Waals surface area (Å²) in [5.41, 5.74) is 5.42. The molecule has 2 heteroatoms.